The number of piperidine rings is 1. The monoisotopic (exact) mass is 214 g/mol. The smallest absolute Gasteiger partial charge is 0.317 e. The summed E-state index contributed by atoms with van der Waals surface area (Å²) in [6.45, 7) is 5.68. The van der Waals surface area contributed by atoms with Crippen molar-refractivity contribution in [3.63, 3.8) is 0 Å². The zero-order valence-corrected chi connectivity index (χ0v) is 9.75. The first-order valence-electron chi connectivity index (χ1n) is 5.80. The Morgan fingerprint density at radius 2 is 2.00 bits per heavy atom. The van der Waals surface area contributed by atoms with Crippen molar-refractivity contribution in [2.45, 2.75) is 45.1 Å². The summed E-state index contributed by atoms with van der Waals surface area (Å²) in [4.78, 5) is 13.5. The predicted octanol–water partition coefficient (Wildman–Crippen LogP) is 1.34. The zero-order valence-electron chi connectivity index (χ0n) is 9.75. The van der Waals surface area contributed by atoms with E-state index in [1.807, 2.05) is 11.8 Å². The zero-order chi connectivity index (χ0) is 11.3. The van der Waals surface area contributed by atoms with Gasteiger partial charge in [0.25, 0.3) is 0 Å². The number of nitrogens with zero attached hydrogens (tertiary/aromatic N) is 1. The fourth-order valence-electron chi connectivity index (χ4n) is 1.60. The van der Waals surface area contributed by atoms with Gasteiger partial charge in [0.15, 0.2) is 0 Å². The molecule has 1 atom stereocenters. The Kier molecular flexibility index (Phi) is 4.39. The summed E-state index contributed by atoms with van der Waals surface area (Å²) in [6.07, 6.45) is 4.05. The van der Waals surface area contributed by atoms with Gasteiger partial charge in [-0.25, -0.2) is 4.79 Å². The molecule has 1 aliphatic heterocycles. The second kappa shape index (κ2) is 5.35. The van der Waals surface area contributed by atoms with Gasteiger partial charge < -0.3 is 15.3 Å². The van der Waals surface area contributed by atoms with Crippen LogP contribution in [0.25, 0.3) is 0 Å². The topological polar surface area (TPSA) is 52.6 Å². The van der Waals surface area contributed by atoms with E-state index in [4.69, 9.17) is 0 Å². The van der Waals surface area contributed by atoms with Gasteiger partial charge in [0.1, 0.15) is 0 Å². The SMILES string of the molecule is CCC(C)(O)CNC(=O)N1CCCCC1. The van der Waals surface area contributed by atoms with Gasteiger partial charge >= 0.3 is 6.03 Å². The number of carbonyl (C=O) groups is 1. The summed E-state index contributed by atoms with van der Waals surface area (Å²) in [6, 6.07) is -0.0385. The van der Waals surface area contributed by atoms with Crippen LogP contribution in [0, 0.1) is 0 Å². The standard InChI is InChI=1S/C11H22N2O2/c1-3-11(2,15)9-12-10(14)13-7-5-4-6-8-13/h15H,3-9H2,1-2H3,(H,12,14). The van der Waals surface area contributed by atoms with Gasteiger partial charge in [0.2, 0.25) is 0 Å². The van der Waals surface area contributed by atoms with E-state index in [9.17, 15) is 9.90 Å². The number of likely N-dealkylation sites (tertiary alicyclic amines) is 1. The van der Waals surface area contributed by atoms with Crippen molar-refractivity contribution < 1.29 is 9.90 Å². The molecule has 0 spiro atoms. The largest absolute Gasteiger partial charge is 0.388 e. The molecule has 4 heteroatoms. The molecule has 1 rings (SSSR count). The fourth-order valence-corrected chi connectivity index (χ4v) is 1.60. The third kappa shape index (κ3) is 4.08. The van der Waals surface area contributed by atoms with Gasteiger partial charge in [-0.2, -0.15) is 0 Å². The molecule has 0 saturated carbocycles. The average molecular weight is 214 g/mol. The minimum atomic E-state index is -0.786. The van der Waals surface area contributed by atoms with Gasteiger partial charge in [0.05, 0.1) is 5.60 Å². The molecule has 1 fully saturated rings. The lowest BCUT2D eigenvalue weighted by molar-refractivity contribution is 0.0560. The Morgan fingerprint density at radius 3 is 2.53 bits per heavy atom. The van der Waals surface area contributed by atoms with Crippen molar-refractivity contribution in [1.29, 1.82) is 0 Å². The molecular formula is C11H22N2O2. The van der Waals surface area contributed by atoms with Gasteiger partial charge in [-0.1, -0.05) is 6.92 Å². The highest BCUT2D eigenvalue weighted by Crippen LogP contribution is 2.10. The Bertz CT molecular complexity index is 211. The molecule has 1 heterocycles. The number of nitrogens with one attached hydrogen (secondary N) is 1. The highest BCUT2D eigenvalue weighted by Gasteiger charge is 2.21. The van der Waals surface area contributed by atoms with Crippen molar-refractivity contribution in [2.75, 3.05) is 19.6 Å². The normalized spacial score (nSPS) is 20.9. The Morgan fingerprint density at radius 1 is 1.40 bits per heavy atom. The molecule has 0 aromatic carbocycles. The van der Waals surface area contributed by atoms with Crippen LogP contribution >= 0.6 is 0 Å². The minimum Gasteiger partial charge on any atom is -0.388 e. The maximum absolute atomic E-state index is 11.7. The average Bonchev–Trinajstić information content (AvgIpc) is 2.27. The summed E-state index contributed by atoms with van der Waals surface area (Å²) in [5.41, 5.74) is -0.786. The van der Waals surface area contributed by atoms with Crippen LogP contribution < -0.4 is 5.32 Å². The summed E-state index contributed by atoms with van der Waals surface area (Å²) < 4.78 is 0. The third-order valence-electron chi connectivity index (χ3n) is 3.03. The van der Waals surface area contributed by atoms with Crippen LogP contribution in [0.4, 0.5) is 4.79 Å². The van der Waals surface area contributed by atoms with Crippen molar-refractivity contribution in [1.82, 2.24) is 10.2 Å². The van der Waals surface area contributed by atoms with Crippen LogP contribution in [0.3, 0.4) is 0 Å². The number of urea groups is 1. The lowest BCUT2D eigenvalue weighted by Crippen LogP contribution is -2.47. The van der Waals surface area contributed by atoms with Crippen molar-refractivity contribution in [2.24, 2.45) is 0 Å². The second-order valence-corrected chi connectivity index (χ2v) is 4.56. The van der Waals surface area contributed by atoms with Crippen LogP contribution in [0.5, 0.6) is 0 Å². The number of amides is 2. The molecule has 2 amide bonds. The van der Waals surface area contributed by atoms with Gasteiger partial charge in [-0.05, 0) is 32.6 Å². The number of hydrogen-bond donors (Lipinski definition) is 2. The van der Waals surface area contributed by atoms with Crippen molar-refractivity contribution in [3.05, 3.63) is 0 Å². The Balaban J connectivity index is 2.28. The molecule has 0 bridgehead atoms. The molecular weight excluding hydrogens is 192 g/mol. The Hall–Kier alpha value is -0.770. The van der Waals surface area contributed by atoms with Crippen LogP contribution in [0.2, 0.25) is 0 Å². The van der Waals surface area contributed by atoms with Gasteiger partial charge in [0, 0.05) is 19.6 Å². The molecule has 15 heavy (non-hydrogen) atoms. The number of carbonyl (C=O) groups excluding carboxylic acids is 1. The molecule has 1 unspecified atom stereocenters. The maximum Gasteiger partial charge on any atom is 0.317 e. The van der Waals surface area contributed by atoms with E-state index in [0.717, 1.165) is 25.9 Å². The molecule has 1 aliphatic rings. The lowest BCUT2D eigenvalue weighted by Gasteiger charge is -2.29. The molecule has 0 aromatic rings. The Labute approximate surface area is 91.6 Å². The first kappa shape index (κ1) is 12.3. The quantitative estimate of drug-likeness (QED) is 0.745. The summed E-state index contributed by atoms with van der Waals surface area (Å²) in [5.74, 6) is 0. The first-order chi connectivity index (χ1) is 7.05. The van der Waals surface area contributed by atoms with Crippen LogP contribution in [0.1, 0.15) is 39.5 Å². The molecule has 0 aromatic heterocycles. The van der Waals surface area contributed by atoms with E-state index in [-0.39, 0.29) is 6.03 Å². The van der Waals surface area contributed by atoms with E-state index >= 15 is 0 Å². The fraction of sp³-hybridized carbons (Fsp3) is 0.909. The first-order valence-corrected chi connectivity index (χ1v) is 5.80. The molecule has 0 radical (unpaired) electrons. The van der Waals surface area contributed by atoms with Gasteiger partial charge in [-0.15, -0.1) is 0 Å². The number of hydrogen-bond acceptors (Lipinski definition) is 2. The van der Waals surface area contributed by atoms with E-state index in [0.29, 0.717) is 13.0 Å². The van der Waals surface area contributed by atoms with Crippen LogP contribution in [0.15, 0.2) is 0 Å². The maximum atomic E-state index is 11.7. The molecule has 88 valence electrons. The van der Waals surface area contributed by atoms with Gasteiger partial charge in [-0.3, -0.25) is 0 Å². The third-order valence-corrected chi connectivity index (χ3v) is 3.03. The molecule has 0 aliphatic carbocycles. The van der Waals surface area contributed by atoms with E-state index in [2.05, 4.69) is 5.32 Å². The van der Waals surface area contributed by atoms with Crippen LogP contribution in [-0.4, -0.2) is 41.3 Å². The summed E-state index contributed by atoms with van der Waals surface area (Å²) >= 11 is 0. The molecule has 2 N–H and O–H groups in total. The van der Waals surface area contributed by atoms with Crippen molar-refractivity contribution >= 4 is 6.03 Å². The summed E-state index contributed by atoms with van der Waals surface area (Å²) in [7, 11) is 0. The lowest BCUT2D eigenvalue weighted by atomic mass is 10.0. The molecule has 4 nitrogen and oxygen atoms in total. The second-order valence-electron chi connectivity index (χ2n) is 4.56. The minimum absolute atomic E-state index is 0.0385. The highest BCUT2D eigenvalue weighted by atomic mass is 16.3. The highest BCUT2D eigenvalue weighted by molar-refractivity contribution is 5.74. The van der Waals surface area contributed by atoms with Crippen LogP contribution in [-0.2, 0) is 0 Å². The van der Waals surface area contributed by atoms with E-state index in [1.165, 1.54) is 6.42 Å². The molecule has 1 saturated heterocycles. The number of aliphatic hydroxyl groups is 1. The number of rotatable bonds is 3. The summed E-state index contributed by atoms with van der Waals surface area (Å²) in [5, 5.41) is 12.5. The van der Waals surface area contributed by atoms with E-state index < -0.39 is 5.60 Å². The predicted molar refractivity (Wildman–Crippen MR) is 59.7 cm³/mol. The van der Waals surface area contributed by atoms with E-state index in [1.54, 1.807) is 6.92 Å². The van der Waals surface area contributed by atoms with Crippen molar-refractivity contribution in [3.8, 4) is 0 Å².